The molecule has 26 heavy (non-hydrogen) atoms. The van der Waals surface area contributed by atoms with E-state index in [1.165, 1.54) is 4.90 Å². The van der Waals surface area contributed by atoms with E-state index in [0.29, 0.717) is 28.0 Å². The van der Waals surface area contributed by atoms with Crippen molar-refractivity contribution in [1.82, 2.24) is 14.7 Å². The van der Waals surface area contributed by atoms with E-state index in [1.54, 1.807) is 36.4 Å². The third-order valence-corrected chi connectivity index (χ3v) is 4.45. The zero-order valence-electron chi connectivity index (χ0n) is 13.3. The number of hydrogen-bond donors (Lipinski definition) is 0. The number of benzene rings is 1. The smallest absolute Gasteiger partial charge is 0.437 e. The van der Waals surface area contributed by atoms with Gasteiger partial charge in [0.2, 0.25) is 0 Å². The van der Waals surface area contributed by atoms with Gasteiger partial charge in [0.1, 0.15) is 0 Å². The molecule has 0 saturated heterocycles. The van der Waals surface area contributed by atoms with Crippen LogP contribution in [0.3, 0.4) is 0 Å². The predicted octanol–water partition coefficient (Wildman–Crippen LogP) is 2.55. The number of aryl methyl sites for hydroxylation is 1. The van der Waals surface area contributed by atoms with Crippen LogP contribution in [0.5, 0.6) is 0 Å². The third-order valence-electron chi connectivity index (χ3n) is 4.02. The number of hydrogen-bond acceptors (Lipinski definition) is 6. The molecule has 0 bridgehead atoms. The molecule has 0 fully saturated rings. The number of furan rings is 1. The van der Waals surface area contributed by atoms with E-state index in [9.17, 15) is 14.4 Å². The summed E-state index contributed by atoms with van der Waals surface area (Å²) in [6, 6.07) is 9.99. The second-order valence-corrected chi connectivity index (χ2v) is 6.44. The second kappa shape index (κ2) is 6.41. The monoisotopic (exact) mass is 417 g/mol. The van der Waals surface area contributed by atoms with Gasteiger partial charge in [-0.1, -0.05) is 12.1 Å². The second-order valence-electron chi connectivity index (χ2n) is 5.66. The Bertz CT molecular complexity index is 1030. The van der Waals surface area contributed by atoms with Gasteiger partial charge in [-0.2, -0.15) is 4.68 Å². The van der Waals surface area contributed by atoms with E-state index in [1.807, 2.05) is 0 Å². The van der Waals surface area contributed by atoms with Crippen LogP contribution in [0.15, 0.2) is 54.7 Å². The summed E-state index contributed by atoms with van der Waals surface area (Å²) in [6.45, 7) is 0.394. The van der Waals surface area contributed by atoms with Crippen LogP contribution in [0.1, 0.15) is 27.1 Å². The van der Waals surface area contributed by atoms with Gasteiger partial charge in [0.25, 0.3) is 17.7 Å². The first-order chi connectivity index (χ1) is 12.5. The molecule has 1 aliphatic heterocycles. The van der Waals surface area contributed by atoms with E-state index < -0.39 is 5.76 Å². The minimum atomic E-state index is -0.630. The van der Waals surface area contributed by atoms with Crippen LogP contribution in [0.2, 0.25) is 0 Å². The van der Waals surface area contributed by atoms with Crippen molar-refractivity contribution in [2.24, 2.45) is 0 Å². The Balaban J connectivity index is 1.43. The van der Waals surface area contributed by atoms with Gasteiger partial charge in [-0.05, 0) is 46.6 Å². The highest BCUT2D eigenvalue weighted by molar-refractivity contribution is 9.10. The summed E-state index contributed by atoms with van der Waals surface area (Å²) in [5.41, 5.74) is 0.809. The average molecular weight is 418 g/mol. The first-order valence-corrected chi connectivity index (χ1v) is 8.63. The molecular formula is C17H12BrN3O5. The number of carbonyl (C=O) groups excluding carboxylic acids is 2. The predicted molar refractivity (Wildman–Crippen MR) is 92.6 cm³/mol. The zero-order valence-corrected chi connectivity index (χ0v) is 14.9. The molecule has 132 valence electrons. The number of fused-ring (bicyclic) bond motifs is 1. The fourth-order valence-electron chi connectivity index (χ4n) is 2.80. The lowest BCUT2D eigenvalue weighted by atomic mass is 10.1. The Labute approximate surface area is 155 Å². The van der Waals surface area contributed by atoms with Crippen molar-refractivity contribution in [3.05, 3.63) is 62.7 Å². The lowest BCUT2D eigenvalue weighted by Gasteiger charge is -2.12. The summed E-state index contributed by atoms with van der Waals surface area (Å²) in [6.07, 6.45) is 0.374. The van der Waals surface area contributed by atoms with Crippen LogP contribution in [0.25, 0.3) is 11.7 Å². The number of aromatic nitrogens is 2. The number of carbonyl (C=O) groups is 2. The lowest BCUT2D eigenvalue weighted by molar-refractivity contribution is 0.0650. The lowest BCUT2D eigenvalue weighted by Crippen LogP contribution is -2.32. The van der Waals surface area contributed by atoms with Gasteiger partial charge < -0.3 is 8.83 Å². The van der Waals surface area contributed by atoms with E-state index in [0.717, 1.165) is 4.68 Å². The molecule has 0 aliphatic carbocycles. The molecule has 0 spiro atoms. The summed E-state index contributed by atoms with van der Waals surface area (Å²) in [7, 11) is 0. The van der Waals surface area contributed by atoms with Crippen molar-refractivity contribution in [3.63, 3.8) is 0 Å². The molecule has 0 unspecified atom stereocenters. The molecule has 3 heterocycles. The van der Waals surface area contributed by atoms with Crippen molar-refractivity contribution in [3.8, 4) is 11.7 Å². The normalized spacial score (nSPS) is 13.5. The quantitative estimate of drug-likeness (QED) is 0.591. The third kappa shape index (κ3) is 2.80. The van der Waals surface area contributed by atoms with Crippen LogP contribution in [0, 0.1) is 0 Å². The van der Waals surface area contributed by atoms with Gasteiger partial charge >= 0.3 is 5.76 Å². The van der Waals surface area contributed by atoms with Gasteiger partial charge in [0.15, 0.2) is 10.4 Å². The maximum Gasteiger partial charge on any atom is 0.437 e. The van der Waals surface area contributed by atoms with Crippen LogP contribution < -0.4 is 5.76 Å². The highest BCUT2D eigenvalue weighted by atomic mass is 79.9. The number of halogens is 1. The number of rotatable bonds is 5. The minimum Gasteiger partial charge on any atom is -0.444 e. The zero-order chi connectivity index (χ0) is 18.3. The largest absolute Gasteiger partial charge is 0.444 e. The average Bonchev–Trinajstić information content (AvgIpc) is 3.29. The molecular weight excluding hydrogens is 406 g/mol. The summed E-state index contributed by atoms with van der Waals surface area (Å²) in [5.74, 6) is -0.872. The Morgan fingerprint density at radius 2 is 1.62 bits per heavy atom. The van der Waals surface area contributed by atoms with Crippen molar-refractivity contribution < 1.29 is 18.4 Å². The molecule has 0 saturated carbocycles. The molecule has 2 amide bonds. The first-order valence-electron chi connectivity index (χ1n) is 7.83. The molecule has 9 heteroatoms. The van der Waals surface area contributed by atoms with Gasteiger partial charge in [-0.3, -0.25) is 14.5 Å². The Hall–Kier alpha value is -2.94. The van der Waals surface area contributed by atoms with Crippen LogP contribution in [0.4, 0.5) is 0 Å². The fraction of sp³-hybridized carbons (Fsp3) is 0.176. The van der Waals surface area contributed by atoms with Gasteiger partial charge in [0, 0.05) is 13.1 Å². The van der Waals surface area contributed by atoms with E-state index >= 15 is 0 Å². The Morgan fingerprint density at radius 1 is 0.923 bits per heavy atom. The van der Waals surface area contributed by atoms with E-state index in [-0.39, 0.29) is 30.8 Å². The Morgan fingerprint density at radius 3 is 2.23 bits per heavy atom. The minimum absolute atomic E-state index is 0.0708. The van der Waals surface area contributed by atoms with Gasteiger partial charge in [0.05, 0.1) is 11.1 Å². The molecule has 0 N–H and O–H groups in total. The van der Waals surface area contributed by atoms with E-state index in [2.05, 4.69) is 21.0 Å². The van der Waals surface area contributed by atoms with Gasteiger partial charge in [-0.15, -0.1) is 5.10 Å². The van der Waals surface area contributed by atoms with Crippen LogP contribution >= 0.6 is 15.9 Å². The summed E-state index contributed by atoms with van der Waals surface area (Å²) >= 11 is 3.17. The maximum atomic E-state index is 12.3. The molecule has 3 aromatic rings. The molecule has 0 atom stereocenters. The molecule has 2 aromatic heterocycles. The van der Waals surface area contributed by atoms with Crippen LogP contribution in [-0.2, 0) is 6.54 Å². The summed E-state index contributed by atoms with van der Waals surface area (Å²) < 4.78 is 12.0. The van der Waals surface area contributed by atoms with Crippen molar-refractivity contribution in [1.29, 1.82) is 0 Å². The highest BCUT2D eigenvalue weighted by Crippen LogP contribution is 2.23. The van der Waals surface area contributed by atoms with Crippen molar-refractivity contribution in [2.75, 3.05) is 6.54 Å². The summed E-state index contributed by atoms with van der Waals surface area (Å²) in [4.78, 5) is 37.7. The number of amides is 2. The molecule has 4 rings (SSSR count). The Kier molecular flexibility index (Phi) is 4.08. The molecule has 8 nitrogen and oxygen atoms in total. The number of nitrogens with zero attached hydrogens (tertiary/aromatic N) is 3. The number of imide groups is 1. The molecule has 1 aliphatic rings. The first kappa shape index (κ1) is 16.5. The van der Waals surface area contributed by atoms with Crippen molar-refractivity contribution in [2.45, 2.75) is 13.0 Å². The maximum absolute atomic E-state index is 12.3. The van der Waals surface area contributed by atoms with Gasteiger partial charge in [-0.25, -0.2) is 4.79 Å². The standard InChI is InChI=1S/C17H12BrN3O5/c18-13-7-6-12(25-13)14-19-21(17(24)26-14)9-3-8-20-15(22)10-4-1-2-5-11(10)16(20)23/h1-2,4-7H,3,8-9H2. The molecule has 1 aromatic carbocycles. The topological polar surface area (TPSA) is 98.6 Å². The summed E-state index contributed by atoms with van der Waals surface area (Å²) in [5, 5.41) is 4.07. The SMILES string of the molecule is O=C1c2ccccc2C(=O)N1CCCn1nc(-c2ccc(Br)o2)oc1=O. The van der Waals surface area contributed by atoms with Crippen molar-refractivity contribution >= 4 is 27.7 Å². The fourth-order valence-corrected chi connectivity index (χ4v) is 3.10. The molecule has 0 radical (unpaired) electrons. The highest BCUT2D eigenvalue weighted by Gasteiger charge is 2.34. The van der Waals surface area contributed by atoms with E-state index in [4.69, 9.17) is 8.83 Å². The van der Waals surface area contributed by atoms with Crippen LogP contribution in [-0.4, -0.2) is 33.0 Å².